The molecule has 4 amide bonds. The number of fused-ring (bicyclic) bond motifs is 1. The first kappa shape index (κ1) is 23.4. The Kier molecular flexibility index (Phi) is 5.84. The van der Waals surface area contributed by atoms with Gasteiger partial charge in [-0.25, -0.2) is 9.59 Å². The van der Waals surface area contributed by atoms with Crippen molar-refractivity contribution in [2.45, 2.75) is 24.5 Å². The fourth-order valence-electron chi connectivity index (χ4n) is 4.99. The lowest BCUT2D eigenvalue weighted by Crippen LogP contribution is -2.60. The zero-order chi connectivity index (χ0) is 26.0. The van der Waals surface area contributed by atoms with Crippen LogP contribution >= 0.6 is 0 Å². The van der Waals surface area contributed by atoms with Gasteiger partial charge < -0.3 is 30.7 Å². The van der Waals surface area contributed by atoms with Gasteiger partial charge in [0.15, 0.2) is 11.3 Å². The second-order valence-electron chi connectivity index (χ2n) is 9.26. The smallest absolute Gasteiger partial charge is 0.319 e. The van der Waals surface area contributed by atoms with Crippen LogP contribution in [-0.2, 0) is 24.5 Å². The number of urea groups is 2. The summed E-state index contributed by atoms with van der Waals surface area (Å²) in [5.74, 6) is 1.35. The van der Waals surface area contributed by atoms with E-state index in [1.54, 1.807) is 0 Å². The van der Waals surface area contributed by atoms with Gasteiger partial charge in [0.25, 0.3) is 0 Å². The highest BCUT2D eigenvalue weighted by Crippen LogP contribution is 2.44. The van der Waals surface area contributed by atoms with Crippen molar-refractivity contribution in [3.8, 4) is 11.5 Å². The first-order chi connectivity index (χ1) is 18.6. The van der Waals surface area contributed by atoms with Crippen molar-refractivity contribution >= 4 is 12.1 Å². The second-order valence-corrected chi connectivity index (χ2v) is 9.26. The molecule has 0 bridgehead atoms. The average Bonchev–Trinajstić information content (AvgIpc) is 3.39. The van der Waals surface area contributed by atoms with Crippen molar-refractivity contribution in [2.24, 2.45) is 0 Å². The molecule has 2 aliphatic rings. The van der Waals surface area contributed by atoms with Gasteiger partial charge in [0.2, 0.25) is 0 Å². The van der Waals surface area contributed by atoms with E-state index in [4.69, 9.17) is 9.47 Å². The Balaban J connectivity index is 1.25. The molecule has 0 atom stereocenters. The summed E-state index contributed by atoms with van der Waals surface area (Å²) in [6, 6.07) is 33.6. The van der Waals surface area contributed by atoms with Crippen molar-refractivity contribution in [3.05, 3.63) is 131 Å². The minimum atomic E-state index is -1.26. The molecule has 190 valence electrons. The van der Waals surface area contributed by atoms with Crippen molar-refractivity contribution in [2.75, 3.05) is 0 Å². The first-order valence-electron chi connectivity index (χ1n) is 12.3. The summed E-state index contributed by atoms with van der Waals surface area (Å²) >= 11 is 0. The van der Waals surface area contributed by atoms with E-state index in [0.717, 1.165) is 11.1 Å². The minimum absolute atomic E-state index is 0.411. The third-order valence-corrected chi connectivity index (χ3v) is 6.84. The third kappa shape index (κ3) is 4.16. The second kappa shape index (κ2) is 9.48. The van der Waals surface area contributed by atoms with Crippen LogP contribution in [0.4, 0.5) is 9.59 Å². The molecule has 0 aliphatic carbocycles. The number of amides is 4. The maximum absolute atomic E-state index is 12.7. The summed E-state index contributed by atoms with van der Waals surface area (Å²) in [6.07, 6.45) is 0. The molecule has 2 heterocycles. The number of ether oxygens (including phenoxy) is 2. The molecule has 0 aromatic heterocycles. The van der Waals surface area contributed by atoms with Crippen LogP contribution in [0.15, 0.2) is 109 Å². The Labute approximate surface area is 220 Å². The van der Waals surface area contributed by atoms with Crippen LogP contribution in [0.3, 0.4) is 0 Å². The van der Waals surface area contributed by atoms with Crippen LogP contribution in [0.2, 0.25) is 0 Å². The van der Waals surface area contributed by atoms with Crippen LogP contribution in [-0.4, -0.2) is 12.1 Å². The van der Waals surface area contributed by atoms with Crippen LogP contribution < -0.4 is 30.7 Å². The molecule has 38 heavy (non-hydrogen) atoms. The maximum atomic E-state index is 12.7. The molecule has 2 fully saturated rings. The van der Waals surface area contributed by atoms with Crippen molar-refractivity contribution in [1.29, 1.82) is 0 Å². The van der Waals surface area contributed by atoms with Gasteiger partial charge in [0, 0.05) is 11.1 Å². The number of carbonyl (C=O) groups excluding carboxylic acids is 2. The highest BCUT2D eigenvalue weighted by molar-refractivity contribution is 5.89. The molecule has 8 heteroatoms. The fourth-order valence-corrected chi connectivity index (χ4v) is 4.99. The van der Waals surface area contributed by atoms with Crippen molar-refractivity contribution < 1.29 is 19.1 Å². The third-order valence-electron chi connectivity index (χ3n) is 6.84. The lowest BCUT2D eigenvalue weighted by Gasteiger charge is -2.37. The van der Waals surface area contributed by atoms with E-state index in [1.807, 2.05) is 109 Å². The molecule has 2 saturated heterocycles. The number of rotatable bonds is 8. The predicted molar refractivity (Wildman–Crippen MR) is 141 cm³/mol. The van der Waals surface area contributed by atoms with Crippen LogP contribution in [0.1, 0.15) is 22.3 Å². The van der Waals surface area contributed by atoms with E-state index in [9.17, 15) is 9.59 Å². The Morgan fingerprint density at radius 2 is 0.816 bits per heavy atom. The van der Waals surface area contributed by atoms with Gasteiger partial charge in [0.05, 0.1) is 0 Å². The maximum Gasteiger partial charge on any atom is 0.319 e. The summed E-state index contributed by atoms with van der Waals surface area (Å²) in [4.78, 5) is 25.4. The quantitative estimate of drug-likeness (QED) is 0.283. The van der Waals surface area contributed by atoms with Gasteiger partial charge in [-0.3, -0.25) is 0 Å². The van der Waals surface area contributed by atoms with E-state index >= 15 is 0 Å². The Morgan fingerprint density at radius 1 is 0.474 bits per heavy atom. The Bertz CT molecular complexity index is 1310. The summed E-state index contributed by atoms with van der Waals surface area (Å²) < 4.78 is 11.8. The summed E-state index contributed by atoms with van der Waals surface area (Å²) in [7, 11) is 0. The monoisotopic (exact) mass is 506 g/mol. The number of hydrogen-bond donors (Lipinski definition) is 4. The van der Waals surface area contributed by atoms with E-state index in [2.05, 4.69) is 21.3 Å². The van der Waals surface area contributed by atoms with Gasteiger partial charge in [0.1, 0.15) is 24.7 Å². The SMILES string of the molecule is O=C1NC2(c3ccc(OCc4ccccc4)cc3)NC(=O)NC2(c2ccc(OCc3ccccc3)cc2)N1. The zero-order valence-electron chi connectivity index (χ0n) is 20.4. The molecule has 0 radical (unpaired) electrons. The van der Waals surface area contributed by atoms with E-state index < -0.39 is 23.4 Å². The summed E-state index contributed by atoms with van der Waals surface area (Å²) in [6.45, 7) is 0.870. The number of carbonyl (C=O) groups is 2. The van der Waals surface area contributed by atoms with Crippen LogP contribution in [0.5, 0.6) is 11.5 Å². The number of nitrogens with one attached hydrogen (secondary N) is 4. The van der Waals surface area contributed by atoms with Crippen molar-refractivity contribution in [3.63, 3.8) is 0 Å². The average molecular weight is 507 g/mol. The summed E-state index contributed by atoms with van der Waals surface area (Å²) in [5.41, 5.74) is 0.975. The van der Waals surface area contributed by atoms with Crippen LogP contribution in [0, 0.1) is 0 Å². The minimum Gasteiger partial charge on any atom is -0.489 e. The Hall–Kier alpha value is -4.98. The highest BCUT2D eigenvalue weighted by atomic mass is 16.5. The first-order valence-corrected chi connectivity index (χ1v) is 12.3. The van der Waals surface area contributed by atoms with Gasteiger partial charge in [-0.05, 0) is 35.4 Å². The molecule has 0 unspecified atom stereocenters. The lowest BCUT2D eigenvalue weighted by atomic mass is 9.83. The molecule has 4 aromatic carbocycles. The molecule has 6 rings (SSSR count). The normalized spacial score (nSPS) is 21.5. The van der Waals surface area contributed by atoms with E-state index in [0.29, 0.717) is 35.8 Å². The largest absolute Gasteiger partial charge is 0.489 e. The molecule has 4 aromatic rings. The summed E-state index contributed by atoms with van der Waals surface area (Å²) in [5, 5.41) is 11.7. The highest BCUT2D eigenvalue weighted by Gasteiger charge is 2.66. The number of benzene rings is 4. The molecule has 2 aliphatic heterocycles. The van der Waals surface area contributed by atoms with E-state index in [-0.39, 0.29) is 0 Å². The zero-order valence-corrected chi connectivity index (χ0v) is 20.4. The van der Waals surface area contributed by atoms with Gasteiger partial charge in [-0.2, -0.15) is 0 Å². The van der Waals surface area contributed by atoms with E-state index in [1.165, 1.54) is 0 Å². The predicted octanol–water partition coefficient (Wildman–Crippen LogP) is 4.48. The molecular formula is C30H26N4O4. The van der Waals surface area contributed by atoms with Crippen LogP contribution in [0.25, 0.3) is 0 Å². The van der Waals surface area contributed by atoms with Gasteiger partial charge in [-0.15, -0.1) is 0 Å². The topological polar surface area (TPSA) is 101 Å². The van der Waals surface area contributed by atoms with Gasteiger partial charge >= 0.3 is 12.1 Å². The molecular weight excluding hydrogens is 480 g/mol. The molecule has 0 saturated carbocycles. The van der Waals surface area contributed by atoms with Crippen molar-refractivity contribution in [1.82, 2.24) is 21.3 Å². The van der Waals surface area contributed by atoms with Gasteiger partial charge in [-0.1, -0.05) is 84.9 Å². The Morgan fingerprint density at radius 3 is 1.16 bits per heavy atom. The number of hydrogen-bond acceptors (Lipinski definition) is 4. The standard InChI is InChI=1S/C30H26N4O4/c35-27-31-29(23-11-15-25(16-12-23)37-19-21-7-3-1-4-8-21)30(33-27,34-28(36)32-29)24-13-17-26(18-14-24)38-20-22-9-5-2-6-10-22/h1-18H,19-20H2,(H2,31,33,35)(H2,32,34,36). The molecule has 4 N–H and O–H groups in total. The molecule has 8 nitrogen and oxygen atoms in total. The lowest BCUT2D eigenvalue weighted by molar-refractivity contribution is 0.208. The molecule has 0 spiro atoms. The fraction of sp³-hybridized carbons (Fsp3) is 0.133.